The van der Waals surface area contributed by atoms with Gasteiger partial charge in [0.25, 0.3) is 0 Å². The minimum atomic E-state index is -0.957. The van der Waals surface area contributed by atoms with Gasteiger partial charge in [-0.3, -0.25) is 4.79 Å². The Morgan fingerprint density at radius 1 is 1.39 bits per heavy atom. The van der Waals surface area contributed by atoms with Crippen molar-refractivity contribution in [3.05, 3.63) is 34.4 Å². The molecule has 0 fully saturated rings. The highest BCUT2D eigenvalue weighted by Crippen LogP contribution is 2.31. The Labute approximate surface area is 114 Å². The molecule has 1 unspecified atom stereocenters. The minimum absolute atomic E-state index is 0.451. The Morgan fingerprint density at radius 3 is 2.78 bits per heavy atom. The maximum atomic E-state index is 10.8. The van der Waals surface area contributed by atoms with E-state index < -0.39 is 12.0 Å². The van der Waals surface area contributed by atoms with Crippen LogP contribution in [0.2, 0.25) is 10.0 Å². The van der Waals surface area contributed by atoms with E-state index in [1.165, 1.54) is 6.92 Å². The summed E-state index contributed by atoms with van der Waals surface area (Å²) >= 11 is 12.0. The van der Waals surface area contributed by atoms with Gasteiger partial charge >= 0.3 is 5.97 Å². The van der Waals surface area contributed by atoms with E-state index in [4.69, 9.17) is 28.3 Å². The lowest BCUT2D eigenvalue weighted by Crippen LogP contribution is -2.25. The molecule has 94 valence electrons. The van der Waals surface area contributed by atoms with Gasteiger partial charge in [0.05, 0.1) is 5.02 Å². The van der Waals surface area contributed by atoms with Gasteiger partial charge in [0, 0.05) is 22.0 Å². The summed E-state index contributed by atoms with van der Waals surface area (Å²) in [6.07, 6.45) is 1.57. The number of nitrogens with one attached hydrogen (secondary N) is 1. The van der Waals surface area contributed by atoms with Crippen molar-refractivity contribution in [3.8, 4) is 0 Å². The fourth-order valence-electron chi connectivity index (χ4n) is 1.59. The Balaban J connectivity index is 2.54. The lowest BCUT2D eigenvalue weighted by Gasteiger charge is -2.12. The lowest BCUT2D eigenvalue weighted by molar-refractivity contribution is -0.137. The van der Waals surface area contributed by atoms with Crippen molar-refractivity contribution in [2.24, 2.45) is 0 Å². The van der Waals surface area contributed by atoms with Crippen molar-refractivity contribution in [2.75, 3.05) is 5.32 Å². The highest BCUT2D eigenvalue weighted by molar-refractivity contribution is 6.39. The molecule has 2 N–H and O–H groups in total. The van der Waals surface area contributed by atoms with E-state index >= 15 is 0 Å². The van der Waals surface area contributed by atoms with Crippen LogP contribution in [0.15, 0.2) is 24.4 Å². The van der Waals surface area contributed by atoms with Crippen LogP contribution in [0.4, 0.5) is 5.82 Å². The summed E-state index contributed by atoms with van der Waals surface area (Å²) in [6.45, 7) is 1.54. The lowest BCUT2D eigenvalue weighted by atomic mass is 10.1. The summed E-state index contributed by atoms with van der Waals surface area (Å²) in [5.41, 5.74) is 0. The third-order valence-corrected chi connectivity index (χ3v) is 3.05. The summed E-state index contributed by atoms with van der Waals surface area (Å²) in [5.74, 6) is -0.506. The Morgan fingerprint density at radius 2 is 2.11 bits per heavy atom. The van der Waals surface area contributed by atoms with Crippen molar-refractivity contribution in [2.45, 2.75) is 13.0 Å². The number of carboxylic acids is 1. The average Bonchev–Trinajstić information content (AvgIpc) is 2.29. The molecule has 0 radical (unpaired) electrons. The normalized spacial score (nSPS) is 12.4. The second-order valence-corrected chi connectivity index (χ2v) is 4.69. The molecule has 1 heterocycles. The third kappa shape index (κ3) is 2.49. The van der Waals surface area contributed by atoms with Gasteiger partial charge in [-0.2, -0.15) is 0 Å². The SMILES string of the molecule is CC(Nc1nccc2c(Cl)cc(Cl)cc12)C(=O)O. The number of aliphatic carboxylic acids is 1. The first kappa shape index (κ1) is 12.9. The van der Waals surface area contributed by atoms with Gasteiger partial charge in [-0.05, 0) is 25.1 Å². The zero-order chi connectivity index (χ0) is 13.3. The van der Waals surface area contributed by atoms with Crippen LogP contribution in [0, 0.1) is 0 Å². The molecule has 1 atom stereocenters. The summed E-state index contributed by atoms with van der Waals surface area (Å²) in [7, 11) is 0. The van der Waals surface area contributed by atoms with E-state index in [0.717, 1.165) is 5.39 Å². The number of benzene rings is 1. The molecule has 6 heteroatoms. The van der Waals surface area contributed by atoms with Crippen LogP contribution < -0.4 is 5.32 Å². The van der Waals surface area contributed by atoms with Gasteiger partial charge in [0.2, 0.25) is 0 Å². The molecule has 1 aromatic heterocycles. The topological polar surface area (TPSA) is 62.2 Å². The number of hydrogen-bond donors (Lipinski definition) is 2. The minimum Gasteiger partial charge on any atom is -0.480 e. The molecule has 18 heavy (non-hydrogen) atoms. The second kappa shape index (κ2) is 5.00. The molecule has 0 saturated heterocycles. The van der Waals surface area contributed by atoms with Crippen molar-refractivity contribution < 1.29 is 9.90 Å². The summed E-state index contributed by atoms with van der Waals surface area (Å²) in [4.78, 5) is 15.0. The number of nitrogens with zero attached hydrogens (tertiary/aromatic N) is 1. The van der Waals surface area contributed by atoms with E-state index in [1.54, 1.807) is 24.4 Å². The molecule has 2 rings (SSSR count). The Kier molecular flexibility index (Phi) is 3.59. The molecular formula is C12H10Cl2N2O2. The molecule has 2 aromatic rings. The van der Waals surface area contributed by atoms with E-state index in [1.807, 2.05) is 0 Å². The number of halogens is 2. The third-order valence-electron chi connectivity index (χ3n) is 2.52. The predicted molar refractivity (Wildman–Crippen MR) is 72.5 cm³/mol. The maximum absolute atomic E-state index is 10.8. The number of carboxylic acid groups (broad SMARTS) is 1. The number of pyridine rings is 1. The molecular weight excluding hydrogens is 275 g/mol. The van der Waals surface area contributed by atoms with Gasteiger partial charge in [0.1, 0.15) is 11.9 Å². The maximum Gasteiger partial charge on any atom is 0.325 e. The second-order valence-electron chi connectivity index (χ2n) is 3.85. The van der Waals surface area contributed by atoms with Crippen molar-refractivity contribution in [1.29, 1.82) is 0 Å². The molecule has 0 bridgehead atoms. The molecule has 0 aliphatic carbocycles. The summed E-state index contributed by atoms with van der Waals surface area (Å²) in [6, 6.07) is 4.34. The van der Waals surface area contributed by atoms with Crippen LogP contribution in [0.3, 0.4) is 0 Å². The van der Waals surface area contributed by atoms with Crippen molar-refractivity contribution in [3.63, 3.8) is 0 Å². The highest BCUT2D eigenvalue weighted by atomic mass is 35.5. The number of carbonyl (C=O) groups is 1. The van der Waals surface area contributed by atoms with Gasteiger partial charge < -0.3 is 10.4 Å². The average molecular weight is 285 g/mol. The molecule has 0 spiro atoms. The van der Waals surface area contributed by atoms with Crippen LogP contribution in [0.1, 0.15) is 6.92 Å². The standard InChI is InChI=1S/C12H10Cl2N2O2/c1-6(12(17)18)16-11-9-4-7(13)5-10(14)8(9)2-3-15-11/h2-6H,1H3,(H,15,16)(H,17,18). The molecule has 0 aliphatic rings. The van der Waals surface area contributed by atoms with E-state index in [0.29, 0.717) is 21.2 Å². The van der Waals surface area contributed by atoms with Gasteiger partial charge in [-0.15, -0.1) is 0 Å². The summed E-state index contributed by atoms with van der Waals surface area (Å²) in [5, 5.41) is 14.1. The number of aromatic nitrogens is 1. The first-order valence-corrected chi connectivity index (χ1v) is 5.97. The molecule has 0 aliphatic heterocycles. The number of fused-ring (bicyclic) bond motifs is 1. The quantitative estimate of drug-likeness (QED) is 0.907. The largest absolute Gasteiger partial charge is 0.480 e. The van der Waals surface area contributed by atoms with Crippen molar-refractivity contribution in [1.82, 2.24) is 4.98 Å². The first-order chi connectivity index (χ1) is 8.49. The molecule has 0 saturated carbocycles. The van der Waals surface area contributed by atoms with Crippen LogP contribution in [-0.2, 0) is 4.79 Å². The number of hydrogen-bond acceptors (Lipinski definition) is 3. The number of anilines is 1. The molecule has 0 amide bonds. The number of rotatable bonds is 3. The van der Waals surface area contributed by atoms with E-state index in [9.17, 15) is 4.79 Å². The monoisotopic (exact) mass is 284 g/mol. The van der Waals surface area contributed by atoms with Crippen LogP contribution in [-0.4, -0.2) is 22.1 Å². The highest BCUT2D eigenvalue weighted by Gasteiger charge is 2.13. The van der Waals surface area contributed by atoms with E-state index in [-0.39, 0.29) is 0 Å². The van der Waals surface area contributed by atoms with Crippen LogP contribution in [0.25, 0.3) is 10.8 Å². The Bertz CT molecular complexity index is 616. The van der Waals surface area contributed by atoms with E-state index in [2.05, 4.69) is 10.3 Å². The Hall–Kier alpha value is -1.52. The van der Waals surface area contributed by atoms with Crippen LogP contribution >= 0.6 is 23.2 Å². The fourth-order valence-corrected chi connectivity index (χ4v) is 2.14. The van der Waals surface area contributed by atoms with Gasteiger partial charge in [-0.25, -0.2) is 4.98 Å². The fraction of sp³-hybridized carbons (Fsp3) is 0.167. The van der Waals surface area contributed by atoms with Crippen LogP contribution in [0.5, 0.6) is 0 Å². The van der Waals surface area contributed by atoms with Gasteiger partial charge in [0.15, 0.2) is 0 Å². The van der Waals surface area contributed by atoms with Gasteiger partial charge in [-0.1, -0.05) is 23.2 Å². The zero-order valence-corrected chi connectivity index (χ0v) is 11.0. The molecule has 1 aromatic carbocycles. The predicted octanol–water partition coefficient (Wildman–Crippen LogP) is 3.43. The van der Waals surface area contributed by atoms with Crippen molar-refractivity contribution >= 4 is 45.8 Å². The summed E-state index contributed by atoms with van der Waals surface area (Å²) < 4.78 is 0. The smallest absolute Gasteiger partial charge is 0.325 e. The zero-order valence-electron chi connectivity index (χ0n) is 9.45. The first-order valence-electron chi connectivity index (χ1n) is 5.22. The molecule has 4 nitrogen and oxygen atoms in total.